The van der Waals surface area contributed by atoms with Gasteiger partial charge in [-0.3, -0.25) is 18.9 Å². The van der Waals surface area contributed by atoms with Gasteiger partial charge in [-0.15, -0.1) is 16.4 Å². The number of thioether (sulfide) groups is 1. The Bertz CT molecular complexity index is 1110. The highest BCUT2D eigenvalue weighted by Crippen LogP contribution is 2.25. The molecule has 0 saturated carbocycles. The molecule has 1 aliphatic heterocycles. The highest BCUT2D eigenvalue weighted by atomic mass is 79.9. The number of fused-ring (bicyclic) bond motifs is 1. The van der Waals surface area contributed by atoms with Gasteiger partial charge in [0.25, 0.3) is 0 Å². The molecule has 1 aromatic carbocycles. The van der Waals surface area contributed by atoms with E-state index in [2.05, 4.69) is 38.4 Å². The molecule has 1 saturated heterocycles. The number of amidine groups is 1. The van der Waals surface area contributed by atoms with Gasteiger partial charge in [0.1, 0.15) is 0 Å². The van der Waals surface area contributed by atoms with E-state index in [0.29, 0.717) is 17.5 Å². The van der Waals surface area contributed by atoms with E-state index in [9.17, 15) is 9.59 Å². The zero-order valence-electron chi connectivity index (χ0n) is 16.3. The summed E-state index contributed by atoms with van der Waals surface area (Å²) in [6, 6.07) is 7.96. The number of unbranched alkanes of at least 4 members (excludes halogenated alkanes) is 1. The third-order valence-corrected chi connectivity index (χ3v) is 7.01. The number of hydrazone groups is 1. The first-order chi connectivity index (χ1) is 14.5. The molecule has 0 radical (unpaired) electrons. The minimum absolute atomic E-state index is 0.0416. The molecule has 1 fully saturated rings. The molecule has 4 rings (SSSR count). The number of rotatable bonds is 7. The van der Waals surface area contributed by atoms with Crippen molar-refractivity contribution in [3.63, 3.8) is 0 Å². The van der Waals surface area contributed by atoms with Crippen molar-refractivity contribution in [3.8, 4) is 11.3 Å². The van der Waals surface area contributed by atoms with E-state index < -0.39 is 0 Å². The van der Waals surface area contributed by atoms with E-state index in [1.807, 2.05) is 40.2 Å². The summed E-state index contributed by atoms with van der Waals surface area (Å²) < 4.78 is 2.96. The number of benzene rings is 1. The summed E-state index contributed by atoms with van der Waals surface area (Å²) in [6.07, 6.45) is 4.03. The maximum Gasteiger partial charge on any atom is 0.246 e. The van der Waals surface area contributed by atoms with Crippen LogP contribution in [0.5, 0.6) is 0 Å². The van der Waals surface area contributed by atoms with Gasteiger partial charge in [0.15, 0.2) is 10.1 Å². The highest BCUT2D eigenvalue weighted by Gasteiger charge is 2.27. The Morgan fingerprint density at radius 3 is 2.90 bits per heavy atom. The van der Waals surface area contributed by atoms with Crippen LogP contribution in [0.2, 0.25) is 0 Å². The van der Waals surface area contributed by atoms with Crippen LogP contribution >= 0.6 is 39.0 Å². The lowest BCUT2D eigenvalue weighted by molar-refractivity contribution is -0.124. The van der Waals surface area contributed by atoms with E-state index in [-0.39, 0.29) is 18.2 Å². The summed E-state index contributed by atoms with van der Waals surface area (Å²) in [5.74, 6) is 0.189. The first kappa shape index (κ1) is 21.1. The Labute approximate surface area is 190 Å². The number of imidazole rings is 1. The van der Waals surface area contributed by atoms with Crippen molar-refractivity contribution in [3.05, 3.63) is 46.0 Å². The van der Waals surface area contributed by atoms with Gasteiger partial charge < -0.3 is 0 Å². The molecule has 156 valence electrons. The van der Waals surface area contributed by atoms with E-state index in [4.69, 9.17) is 0 Å². The lowest BCUT2D eigenvalue weighted by Gasteiger charge is -2.14. The van der Waals surface area contributed by atoms with Crippen LogP contribution in [0, 0.1) is 0 Å². The number of hydrogen-bond acceptors (Lipinski definition) is 6. The number of nitrogens with one attached hydrogen (secondary N) is 1. The summed E-state index contributed by atoms with van der Waals surface area (Å²) in [6.45, 7) is 2.71. The average molecular weight is 506 g/mol. The molecule has 2 aromatic heterocycles. The maximum absolute atomic E-state index is 12.5. The number of halogens is 1. The topological polar surface area (TPSA) is 79.1 Å². The van der Waals surface area contributed by atoms with E-state index >= 15 is 0 Å². The zero-order chi connectivity index (χ0) is 21.1. The fraction of sp³-hybridized carbons (Fsp3) is 0.300. The number of aromatic nitrogens is 2. The van der Waals surface area contributed by atoms with Crippen molar-refractivity contribution < 1.29 is 9.59 Å². The van der Waals surface area contributed by atoms with Crippen LogP contribution < -0.4 is 5.43 Å². The summed E-state index contributed by atoms with van der Waals surface area (Å²) in [7, 11) is 0. The first-order valence-electron chi connectivity index (χ1n) is 9.56. The monoisotopic (exact) mass is 505 g/mol. The van der Waals surface area contributed by atoms with Crippen LogP contribution in [0.1, 0.15) is 25.5 Å². The Balaban J connectivity index is 1.44. The molecule has 0 unspecified atom stereocenters. The van der Waals surface area contributed by atoms with Gasteiger partial charge in [-0.05, 0) is 18.6 Å². The number of carbonyl (C=O) groups excluding carboxylic acids is 2. The van der Waals surface area contributed by atoms with Gasteiger partial charge >= 0.3 is 0 Å². The largest absolute Gasteiger partial charge is 0.294 e. The molecule has 3 aromatic rings. The van der Waals surface area contributed by atoms with Crippen molar-refractivity contribution in [2.75, 3.05) is 12.3 Å². The van der Waals surface area contributed by atoms with E-state index in [0.717, 1.165) is 39.2 Å². The smallest absolute Gasteiger partial charge is 0.246 e. The Morgan fingerprint density at radius 2 is 2.13 bits per heavy atom. The zero-order valence-corrected chi connectivity index (χ0v) is 19.5. The Kier molecular flexibility index (Phi) is 6.55. The summed E-state index contributed by atoms with van der Waals surface area (Å²) in [5, 5.41) is 6.69. The van der Waals surface area contributed by atoms with Gasteiger partial charge in [-0.1, -0.05) is 53.2 Å². The molecule has 2 amide bonds. The number of thiazole rings is 1. The second kappa shape index (κ2) is 9.32. The van der Waals surface area contributed by atoms with Crippen molar-refractivity contribution >= 4 is 61.0 Å². The Morgan fingerprint density at radius 1 is 1.33 bits per heavy atom. The third kappa shape index (κ3) is 4.60. The van der Waals surface area contributed by atoms with Crippen LogP contribution in [-0.4, -0.2) is 43.6 Å². The molecule has 0 bridgehead atoms. The standard InChI is InChI=1S/C20H20BrN5O2S2/c1-2-3-8-25-18(28)12-30-20(25)24-23-17(27)9-15-11-29-19-22-16(10-26(15)19)13-4-6-14(21)7-5-13/h4-7,10-11H,2-3,8-9,12H2,1H3,(H,23,27)/b24-20+. The maximum atomic E-state index is 12.5. The van der Waals surface area contributed by atoms with Crippen LogP contribution in [0.15, 0.2) is 45.4 Å². The van der Waals surface area contributed by atoms with Crippen LogP contribution in [0.4, 0.5) is 0 Å². The van der Waals surface area contributed by atoms with E-state index in [1.54, 1.807) is 4.90 Å². The Hall–Kier alpha value is -2.17. The highest BCUT2D eigenvalue weighted by molar-refractivity contribution is 9.10. The van der Waals surface area contributed by atoms with Gasteiger partial charge in [-0.2, -0.15) is 0 Å². The van der Waals surface area contributed by atoms with Gasteiger partial charge in [0.05, 0.1) is 17.9 Å². The summed E-state index contributed by atoms with van der Waals surface area (Å²) in [4.78, 5) is 31.6. The lowest BCUT2D eigenvalue weighted by atomic mass is 10.2. The van der Waals surface area contributed by atoms with Crippen LogP contribution in [0.25, 0.3) is 16.2 Å². The fourth-order valence-corrected chi connectivity index (χ4v) is 5.05. The average Bonchev–Trinajstić information content (AvgIpc) is 3.41. The first-order valence-corrected chi connectivity index (χ1v) is 12.2. The van der Waals surface area contributed by atoms with Gasteiger partial charge in [0, 0.05) is 33.9 Å². The van der Waals surface area contributed by atoms with Crippen molar-refractivity contribution in [1.29, 1.82) is 0 Å². The minimum Gasteiger partial charge on any atom is -0.294 e. The molecule has 0 atom stereocenters. The van der Waals surface area contributed by atoms with Crippen LogP contribution in [0.3, 0.4) is 0 Å². The SMILES string of the molecule is CCCCN1C(=O)CS/C1=N/NC(=O)Cc1csc2nc(-c3ccc(Br)cc3)cn12. The van der Waals surface area contributed by atoms with Gasteiger partial charge in [0.2, 0.25) is 11.8 Å². The molecular formula is C20H20BrN5O2S2. The molecule has 7 nitrogen and oxygen atoms in total. The number of hydrogen-bond donors (Lipinski definition) is 1. The number of nitrogens with zero attached hydrogens (tertiary/aromatic N) is 4. The lowest BCUT2D eigenvalue weighted by Crippen LogP contribution is -2.32. The molecule has 1 N–H and O–H groups in total. The fourth-order valence-electron chi connectivity index (χ4n) is 3.05. The molecule has 1 aliphatic rings. The van der Waals surface area contributed by atoms with E-state index in [1.165, 1.54) is 23.1 Å². The molecule has 3 heterocycles. The second-order valence-electron chi connectivity index (χ2n) is 6.81. The number of carbonyl (C=O) groups is 2. The van der Waals surface area contributed by atoms with Crippen molar-refractivity contribution in [2.24, 2.45) is 5.10 Å². The third-order valence-electron chi connectivity index (χ3n) is 4.63. The molecular weight excluding hydrogens is 486 g/mol. The molecule has 0 spiro atoms. The van der Waals surface area contributed by atoms with Crippen molar-refractivity contribution in [1.82, 2.24) is 19.7 Å². The molecule has 0 aliphatic carbocycles. The second-order valence-corrected chi connectivity index (χ2v) is 9.50. The quantitative estimate of drug-likeness (QED) is 0.489. The molecule has 10 heteroatoms. The van der Waals surface area contributed by atoms with Crippen molar-refractivity contribution in [2.45, 2.75) is 26.2 Å². The van der Waals surface area contributed by atoms with Gasteiger partial charge in [-0.25, -0.2) is 10.4 Å². The number of amides is 2. The predicted molar refractivity (Wildman–Crippen MR) is 125 cm³/mol. The molecule has 30 heavy (non-hydrogen) atoms. The predicted octanol–water partition coefficient (Wildman–Crippen LogP) is 4.13. The summed E-state index contributed by atoms with van der Waals surface area (Å²) in [5.41, 5.74) is 5.33. The summed E-state index contributed by atoms with van der Waals surface area (Å²) >= 11 is 6.30. The minimum atomic E-state index is -0.225. The van der Waals surface area contributed by atoms with Crippen LogP contribution in [-0.2, 0) is 16.0 Å². The normalized spacial score (nSPS) is 15.5.